The molecule has 3 atom stereocenters. The predicted molar refractivity (Wildman–Crippen MR) is 55.8 cm³/mol. The van der Waals surface area contributed by atoms with Crippen LogP contribution >= 0.6 is 0 Å². The van der Waals surface area contributed by atoms with Gasteiger partial charge in [0.1, 0.15) is 0 Å². The van der Waals surface area contributed by atoms with Crippen LogP contribution in [-0.4, -0.2) is 5.11 Å². The van der Waals surface area contributed by atoms with Crippen molar-refractivity contribution in [3.05, 3.63) is 35.9 Å². The zero-order chi connectivity index (χ0) is 9.60. The highest BCUT2D eigenvalue weighted by Gasteiger charge is 2.54. The molecule has 3 rings (SSSR count). The fourth-order valence-corrected chi connectivity index (χ4v) is 3.06. The lowest BCUT2D eigenvalue weighted by Crippen LogP contribution is -2.31. The molecule has 14 heavy (non-hydrogen) atoms. The highest BCUT2D eigenvalue weighted by atomic mass is 16.3. The Bertz CT molecular complexity index is 332. The lowest BCUT2D eigenvalue weighted by atomic mass is 9.79. The van der Waals surface area contributed by atoms with E-state index in [1.54, 1.807) is 0 Å². The van der Waals surface area contributed by atoms with Crippen LogP contribution < -0.4 is 0 Å². The summed E-state index contributed by atoms with van der Waals surface area (Å²) in [4.78, 5) is 0. The number of hydrogen-bond acceptors (Lipinski definition) is 1. The number of aliphatic hydroxyl groups is 1. The van der Waals surface area contributed by atoms with Gasteiger partial charge in [-0.05, 0) is 43.1 Å². The lowest BCUT2D eigenvalue weighted by molar-refractivity contribution is -0.0160. The molecule has 0 heterocycles. The molecule has 0 aliphatic heterocycles. The smallest absolute Gasteiger partial charge is 0.0927 e. The van der Waals surface area contributed by atoms with E-state index in [4.69, 9.17) is 0 Å². The van der Waals surface area contributed by atoms with Crippen LogP contribution in [-0.2, 0) is 5.60 Å². The third kappa shape index (κ3) is 1.12. The standard InChI is InChI=1S/C13H16O/c14-13(11-6-2-1-3-7-11)8-4-5-10-9-12(10)13/h1-3,6-7,10,12,14H,4-5,8-9H2. The summed E-state index contributed by atoms with van der Waals surface area (Å²) in [6.45, 7) is 0. The molecule has 0 saturated heterocycles. The fourth-order valence-electron chi connectivity index (χ4n) is 3.06. The van der Waals surface area contributed by atoms with Gasteiger partial charge in [-0.25, -0.2) is 0 Å². The second-order valence-corrected chi connectivity index (χ2v) is 4.78. The van der Waals surface area contributed by atoms with E-state index >= 15 is 0 Å². The lowest BCUT2D eigenvalue weighted by Gasteiger charge is -2.32. The summed E-state index contributed by atoms with van der Waals surface area (Å²) >= 11 is 0. The van der Waals surface area contributed by atoms with Gasteiger partial charge in [-0.2, -0.15) is 0 Å². The Morgan fingerprint density at radius 3 is 2.79 bits per heavy atom. The van der Waals surface area contributed by atoms with Crippen molar-refractivity contribution in [1.29, 1.82) is 0 Å². The maximum absolute atomic E-state index is 10.7. The molecule has 2 aliphatic carbocycles. The average molecular weight is 188 g/mol. The van der Waals surface area contributed by atoms with Crippen LogP contribution in [0.5, 0.6) is 0 Å². The van der Waals surface area contributed by atoms with Crippen LogP contribution in [0.25, 0.3) is 0 Å². The van der Waals surface area contributed by atoms with E-state index in [1.807, 2.05) is 18.2 Å². The van der Waals surface area contributed by atoms with E-state index in [1.165, 1.54) is 19.3 Å². The summed E-state index contributed by atoms with van der Waals surface area (Å²) in [6, 6.07) is 10.2. The molecule has 1 nitrogen and oxygen atoms in total. The molecule has 0 bridgehead atoms. The zero-order valence-electron chi connectivity index (χ0n) is 8.32. The molecule has 0 aromatic heterocycles. The van der Waals surface area contributed by atoms with Crippen molar-refractivity contribution in [1.82, 2.24) is 0 Å². The van der Waals surface area contributed by atoms with Gasteiger partial charge in [0.2, 0.25) is 0 Å². The molecular weight excluding hydrogens is 172 g/mol. The van der Waals surface area contributed by atoms with Crippen molar-refractivity contribution in [3.8, 4) is 0 Å². The van der Waals surface area contributed by atoms with Crippen molar-refractivity contribution in [2.45, 2.75) is 31.3 Å². The zero-order valence-corrected chi connectivity index (χ0v) is 8.32. The predicted octanol–water partition coefficient (Wildman–Crippen LogP) is 2.69. The molecule has 2 saturated carbocycles. The average Bonchev–Trinajstić information content (AvgIpc) is 3.00. The van der Waals surface area contributed by atoms with Crippen molar-refractivity contribution in [3.63, 3.8) is 0 Å². The molecule has 2 aliphatic rings. The Kier molecular flexibility index (Phi) is 1.72. The van der Waals surface area contributed by atoms with E-state index in [2.05, 4.69) is 12.1 Å². The third-order valence-corrected chi connectivity index (χ3v) is 3.94. The second kappa shape index (κ2) is 2.83. The Labute approximate surface area is 84.8 Å². The normalized spacial score (nSPS) is 40.4. The first-order chi connectivity index (χ1) is 6.81. The minimum absolute atomic E-state index is 0.496. The third-order valence-electron chi connectivity index (χ3n) is 3.94. The highest BCUT2D eigenvalue weighted by Crippen LogP contribution is 2.58. The summed E-state index contributed by atoms with van der Waals surface area (Å²) in [6.07, 6.45) is 4.72. The van der Waals surface area contributed by atoms with Crippen LogP contribution in [0.3, 0.4) is 0 Å². The number of benzene rings is 1. The summed E-state index contributed by atoms with van der Waals surface area (Å²) in [5.41, 5.74) is 0.636. The Morgan fingerprint density at radius 1 is 1.21 bits per heavy atom. The first kappa shape index (κ1) is 8.49. The molecule has 1 aromatic carbocycles. The monoisotopic (exact) mass is 188 g/mol. The molecule has 74 valence electrons. The molecule has 0 radical (unpaired) electrons. The molecule has 0 amide bonds. The maximum Gasteiger partial charge on any atom is 0.0927 e. The van der Waals surface area contributed by atoms with Crippen molar-refractivity contribution < 1.29 is 5.11 Å². The van der Waals surface area contributed by atoms with Gasteiger partial charge in [0.05, 0.1) is 5.60 Å². The molecule has 1 heteroatoms. The Hall–Kier alpha value is -0.820. The first-order valence-electron chi connectivity index (χ1n) is 5.58. The SMILES string of the molecule is OC1(c2ccccc2)CCCC2CC21. The molecule has 1 N–H and O–H groups in total. The fraction of sp³-hybridized carbons (Fsp3) is 0.538. The number of rotatable bonds is 1. The van der Waals surface area contributed by atoms with Crippen molar-refractivity contribution in [2.24, 2.45) is 11.8 Å². The minimum atomic E-state index is -0.496. The van der Waals surface area contributed by atoms with Gasteiger partial charge in [0.25, 0.3) is 0 Å². The summed E-state index contributed by atoms with van der Waals surface area (Å²) in [5.74, 6) is 1.37. The Morgan fingerprint density at radius 2 is 2.00 bits per heavy atom. The maximum atomic E-state index is 10.7. The minimum Gasteiger partial charge on any atom is -0.385 e. The molecular formula is C13H16O. The quantitative estimate of drug-likeness (QED) is 0.718. The van der Waals surface area contributed by atoms with Gasteiger partial charge in [-0.3, -0.25) is 0 Å². The van der Waals surface area contributed by atoms with Gasteiger partial charge in [-0.15, -0.1) is 0 Å². The van der Waals surface area contributed by atoms with Crippen LogP contribution in [0.1, 0.15) is 31.2 Å². The van der Waals surface area contributed by atoms with E-state index in [9.17, 15) is 5.11 Å². The van der Waals surface area contributed by atoms with Gasteiger partial charge in [0.15, 0.2) is 0 Å². The second-order valence-electron chi connectivity index (χ2n) is 4.78. The Balaban J connectivity index is 1.96. The van der Waals surface area contributed by atoms with Crippen molar-refractivity contribution >= 4 is 0 Å². The van der Waals surface area contributed by atoms with Crippen molar-refractivity contribution in [2.75, 3.05) is 0 Å². The number of hydrogen-bond donors (Lipinski definition) is 1. The molecule has 0 spiro atoms. The van der Waals surface area contributed by atoms with Crippen LogP contribution in [0.15, 0.2) is 30.3 Å². The summed E-state index contributed by atoms with van der Waals surface area (Å²) in [7, 11) is 0. The molecule has 3 unspecified atom stereocenters. The largest absolute Gasteiger partial charge is 0.385 e. The highest BCUT2D eigenvalue weighted by molar-refractivity contribution is 5.26. The van der Waals surface area contributed by atoms with Crippen LogP contribution in [0, 0.1) is 11.8 Å². The van der Waals surface area contributed by atoms with Gasteiger partial charge in [-0.1, -0.05) is 30.3 Å². The molecule has 1 aromatic rings. The molecule has 2 fully saturated rings. The van der Waals surface area contributed by atoms with Gasteiger partial charge in [0, 0.05) is 0 Å². The van der Waals surface area contributed by atoms with E-state index < -0.39 is 5.60 Å². The van der Waals surface area contributed by atoms with Crippen LogP contribution in [0.2, 0.25) is 0 Å². The first-order valence-corrected chi connectivity index (χ1v) is 5.58. The summed E-state index contributed by atoms with van der Waals surface area (Å²) < 4.78 is 0. The van der Waals surface area contributed by atoms with E-state index in [0.29, 0.717) is 5.92 Å². The van der Waals surface area contributed by atoms with E-state index in [-0.39, 0.29) is 0 Å². The topological polar surface area (TPSA) is 20.2 Å². The number of fused-ring (bicyclic) bond motifs is 1. The van der Waals surface area contributed by atoms with Gasteiger partial charge < -0.3 is 5.11 Å². The van der Waals surface area contributed by atoms with Gasteiger partial charge >= 0.3 is 0 Å². The van der Waals surface area contributed by atoms with E-state index in [0.717, 1.165) is 17.9 Å². The van der Waals surface area contributed by atoms with Crippen LogP contribution in [0.4, 0.5) is 0 Å². The summed E-state index contributed by atoms with van der Waals surface area (Å²) in [5, 5.41) is 10.7.